The molecule has 2 N–H and O–H groups in total. The zero-order valence-electron chi connectivity index (χ0n) is 11.8. The Kier molecular flexibility index (Phi) is 4.36. The van der Waals surface area contributed by atoms with E-state index in [1.54, 1.807) is 0 Å². The summed E-state index contributed by atoms with van der Waals surface area (Å²) in [5.41, 5.74) is 7.72. The molecule has 1 fully saturated rings. The Bertz CT molecular complexity index is 486. The summed E-state index contributed by atoms with van der Waals surface area (Å²) in [7, 11) is 0. The largest absolute Gasteiger partial charge is 0.389 e. The van der Waals surface area contributed by atoms with E-state index in [2.05, 4.69) is 23.7 Å². The van der Waals surface area contributed by atoms with Gasteiger partial charge in [0.25, 0.3) is 0 Å². The lowest BCUT2D eigenvalue weighted by molar-refractivity contribution is 0.634. The molecule has 1 aromatic heterocycles. The third-order valence-electron chi connectivity index (χ3n) is 3.42. The molecule has 5 heteroatoms. The Morgan fingerprint density at radius 2 is 2.16 bits per heavy atom. The second kappa shape index (κ2) is 5.67. The van der Waals surface area contributed by atoms with Crippen LogP contribution in [-0.4, -0.2) is 33.6 Å². The van der Waals surface area contributed by atoms with Gasteiger partial charge in [-0.2, -0.15) is 11.8 Å². The molecular weight excluding hydrogens is 274 g/mol. The van der Waals surface area contributed by atoms with Gasteiger partial charge in [0.05, 0.1) is 5.56 Å². The van der Waals surface area contributed by atoms with Crippen LogP contribution in [0.25, 0.3) is 0 Å². The summed E-state index contributed by atoms with van der Waals surface area (Å²) in [6.45, 7) is 8.62. The normalized spacial score (nSPS) is 19.0. The Labute approximate surface area is 125 Å². The highest BCUT2D eigenvalue weighted by Gasteiger charge is 2.25. The highest BCUT2D eigenvalue weighted by atomic mass is 32.2. The number of aromatic nitrogens is 1. The first-order valence-electron chi connectivity index (χ1n) is 6.55. The minimum atomic E-state index is 0.335. The van der Waals surface area contributed by atoms with Crippen molar-refractivity contribution in [1.29, 1.82) is 0 Å². The number of pyridine rings is 1. The fourth-order valence-electron chi connectivity index (χ4n) is 2.21. The van der Waals surface area contributed by atoms with Crippen LogP contribution in [0.5, 0.6) is 0 Å². The van der Waals surface area contributed by atoms with Gasteiger partial charge in [0.2, 0.25) is 0 Å². The van der Waals surface area contributed by atoms with E-state index in [0.717, 1.165) is 42.3 Å². The van der Waals surface area contributed by atoms with E-state index >= 15 is 0 Å². The zero-order chi connectivity index (χ0) is 14.0. The van der Waals surface area contributed by atoms with Crippen molar-refractivity contribution in [3.8, 4) is 0 Å². The molecule has 1 saturated heterocycles. The van der Waals surface area contributed by atoms with E-state index in [9.17, 15) is 0 Å². The molecule has 2 rings (SSSR count). The predicted octanol–water partition coefficient (Wildman–Crippen LogP) is 2.75. The lowest BCUT2D eigenvalue weighted by Gasteiger charge is -2.25. The van der Waals surface area contributed by atoms with Crippen molar-refractivity contribution in [2.24, 2.45) is 5.73 Å². The number of aryl methyl sites for hydroxylation is 1. The lowest BCUT2D eigenvalue weighted by atomic mass is 10.1. The first-order valence-corrected chi connectivity index (χ1v) is 7.95. The van der Waals surface area contributed by atoms with E-state index < -0.39 is 0 Å². The molecule has 104 valence electrons. The van der Waals surface area contributed by atoms with Crippen molar-refractivity contribution >= 4 is 34.8 Å². The third-order valence-corrected chi connectivity index (χ3v) is 5.01. The molecule has 0 aliphatic carbocycles. The van der Waals surface area contributed by atoms with Crippen LogP contribution in [0.1, 0.15) is 31.5 Å². The van der Waals surface area contributed by atoms with E-state index in [4.69, 9.17) is 18.0 Å². The molecule has 0 radical (unpaired) electrons. The van der Waals surface area contributed by atoms with Gasteiger partial charge in [0.1, 0.15) is 10.8 Å². The van der Waals surface area contributed by atoms with Crippen molar-refractivity contribution in [1.82, 2.24) is 4.98 Å². The fourth-order valence-corrected chi connectivity index (χ4v) is 3.47. The van der Waals surface area contributed by atoms with Crippen LogP contribution in [-0.2, 0) is 0 Å². The van der Waals surface area contributed by atoms with Crippen LogP contribution in [0, 0.1) is 6.92 Å². The van der Waals surface area contributed by atoms with Gasteiger partial charge < -0.3 is 10.6 Å². The summed E-state index contributed by atoms with van der Waals surface area (Å²) in [5, 5.41) is 0. The van der Waals surface area contributed by atoms with Gasteiger partial charge in [-0.25, -0.2) is 4.98 Å². The maximum Gasteiger partial charge on any atom is 0.139 e. The standard InChI is InChI=1S/C14H21N3S2/c1-10-4-5-11(12(15)18)13(16-10)17-7-6-14(2,3)19-9-8-17/h4-5H,6-9H2,1-3H3,(H2,15,18). The maximum absolute atomic E-state index is 5.82. The van der Waals surface area contributed by atoms with Gasteiger partial charge in [0, 0.05) is 29.3 Å². The summed E-state index contributed by atoms with van der Waals surface area (Å²) in [6, 6.07) is 3.96. The van der Waals surface area contributed by atoms with Gasteiger partial charge in [-0.1, -0.05) is 26.1 Å². The molecule has 1 aliphatic heterocycles. The van der Waals surface area contributed by atoms with Crippen LogP contribution < -0.4 is 10.6 Å². The number of thiocarbonyl (C=S) groups is 1. The third kappa shape index (κ3) is 3.60. The highest BCUT2D eigenvalue weighted by molar-refractivity contribution is 8.00. The summed E-state index contributed by atoms with van der Waals surface area (Å²) in [6.07, 6.45) is 1.14. The Hall–Kier alpha value is -0.810. The van der Waals surface area contributed by atoms with E-state index in [1.165, 1.54) is 0 Å². The quantitative estimate of drug-likeness (QED) is 0.850. The fraction of sp³-hybridized carbons (Fsp3) is 0.571. The number of rotatable bonds is 2. The number of anilines is 1. The monoisotopic (exact) mass is 295 g/mol. The number of hydrogen-bond acceptors (Lipinski definition) is 4. The van der Waals surface area contributed by atoms with Crippen LogP contribution in [0.15, 0.2) is 12.1 Å². The van der Waals surface area contributed by atoms with Crippen LogP contribution in [0.3, 0.4) is 0 Å². The van der Waals surface area contributed by atoms with Gasteiger partial charge >= 0.3 is 0 Å². The number of thioether (sulfide) groups is 1. The van der Waals surface area contributed by atoms with E-state index in [0.29, 0.717) is 9.74 Å². The molecule has 0 saturated carbocycles. The molecule has 0 atom stereocenters. The number of nitrogens with zero attached hydrogens (tertiary/aromatic N) is 2. The van der Waals surface area contributed by atoms with Crippen molar-refractivity contribution in [3.05, 3.63) is 23.4 Å². The van der Waals surface area contributed by atoms with Crippen LogP contribution in [0.4, 0.5) is 5.82 Å². The Morgan fingerprint density at radius 3 is 2.84 bits per heavy atom. The molecule has 1 aromatic rings. The molecule has 2 heterocycles. The highest BCUT2D eigenvalue weighted by Crippen LogP contribution is 2.32. The molecule has 0 aromatic carbocycles. The molecule has 3 nitrogen and oxygen atoms in total. The van der Waals surface area contributed by atoms with Crippen molar-refractivity contribution in [3.63, 3.8) is 0 Å². The van der Waals surface area contributed by atoms with Gasteiger partial charge in [-0.05, 0) is 25.5 Å². The Morgan fingerprint density at radius 1 is 1.42 bits per heavy atom. The van der Waals surface area contributed by atoms with Crippen LogP contribution >= 0.6 is 24.0 Å². The van der Waals surface area contributed by atoms with Gasteiger partial charge in [-0.15, -0.1) is 0 Å². The summed E-state index contributed by atoms with van der Waals surface area (Å²) in [4.78, 5) is 7.41. The topological polar surface area (TPSA) is 42.1 Å². The van der Waals surface area contributed by atoms with Crippen molar-refractivity contribution in [2.45, 2.75) is 31.9 Å². The smallest absolute Gasteiger partial charge is 0.139 e. The molecular formula is C14H21N3S2. The van der Waals surface area contributed by atoms with E-state index in [-0.39, 0.29) is 0 Å². The van der Waals surface area contributed by atoms with Gasteiger partial charge in [-0.3, -0.25) is 0 Å². The lowest BCUT2D eigenvalue weighted by Crippen LogP contribution is -2.30. The first kappa shape index (κ1) is 14.6. The summed E-state index contributed by atoms with van der Waals surface area (Å²) in [5.74, 6) is 2.06. The number of hydrogen-bond donors (Lipinski definition) is 1. The zero-order valence-corrected chi connectivity index (χ0v) is 13.4. The molecule has 0 amide bonds. The second-order valence-corrected chi connectivity index (χ2v) is 7.78. The summed E-state index contributed by atoms with van der Waals surface area (Å²) >= 11 is 7.17. The molecule has 1 aliphatic rings. The Balaban J connectivity index is 2.30. The second-order valence-electron chi connectivity index (χ2n) is 5.53. The molecule has 19 heavy (non-hydrogen) atoms. The average molecular weight is 295 g/mol. The first-order chi connectivity index (χ1) is 8.89. The minimum absolute atomic E-state index is 0.335. The molecule has 0 spiro atoms. The van der Waals surface area contributed by atoms with Gasteiger partial charge in [0.15, 0.2) is 0 Å². The van der Waals surface area contributed by atoms with Crippen molar-refractivity contribution in [2.75, 3.05) is 23.7 Å². The summed E-state index contributed by atoms with van der Waals surface area (Å²) < 4.78 is 0.335. The van der Waals surface area contributed by atoms with Crippen molar-refractivity contribution < 1.29 is 0 Å². The van der Waals surface area contributed by atoms with E-state index in [1.807, 2.05) is 30.8 Å². The van der Waals surface area contributed by atoms with Crippen LogP contribution in [0.2, 0.25) is 0 Å². The molecule has 0 bridgehead atoms. The maximum atomic E-state index is 5.82. The predicted molar refractivity (Wildman–Crippen MR) is 88.2 cm³/mol. The minimum Gasteiger partial charge on any atom is -0.389 e. The SMILES string of the molecule is Cc1ccc(C(N)=S)c(N2CCSC(C)(C)CC2)n1. The molecule has 0 unspecified atom stereocenters. The number of nitrogens with two attached hydrogens (primary N) is 1. The average Bonchev–Trinajstić information content (AvgIpc) is 2.49.